The van der Waals surface area contributed by atoms with Gasteiger partial charge in [-0.15, -0.1) is 0 Å². The van der Waals surface area contributed by atoms with Crippen LogP contribution >= 0.6 is 0 Å². The maximum atomic E-state index is 8.83. The van der Waals surface area contributed by atoms with Gasteiger partial charge < -0.3 is 9.84 Å². The molecular weight excluding hydrogens is 190 g/mol. The molecule has 0 spiro atoms. The zero-order valence-electron chi connectivity index (χ0n) is 8.52. The normalized spacial score (nSPS) is 18.0. The summed E-state index contributed by atoms with van der Waals surface area (Å²) in [6, 6.07) is 2.09. The van der Waals surface area contributed by atoms with Gasteiger partial charge in [0, 0.05) is 19.1 Å². The first-order chi connectivity index (χ1) is 7.36. The predicted octanol–water partition coefficient (Wildman–Crippen LogP) is 1.24. The Bertz CT molecular complexity index is 236. The molecule has 1 aliphatic rings. The zero-order valence-corrected chi connectivity index (χ0v) is 8.52. The average Bonchev–Trinajstić information content (AvgIpc) is 2.75. The van der Waals surface area contributed by atoms with Crippen LogP contribution in [0.2, 0.25) is 0 Å². The van der Waals surface area contributed by atoms with Gasteiger partial charge in [-0.2, -0.15) is 5.26 Å². The van der Waals surface area contributed by atoms with Crippen LogP contribution in [0.3, 0.4) is 0 Å². The van der Waals surface area contributed by atoms with Gasteiger partial charge in [0.2, 0.25) is 0 Å². The SMILES string of the molecule is N#C/C(=C\[C]1[CH][CH][CH][CH]1)COCCCO. The number of aliphatic hydroxyl groups is 1. The molecule has 0 aromatic heterocycles. The van der Waals surface area contributed by atoms with Crippen molar-refractivity contribution in [3.63, 3.8) is 0 Å². The third kappa shape index (κ3) is 4.96. The van der Waals surface area contributed by atoms with Crippen LogP contribution in [0.5, 0.6) is 0 Å². The molecule has 1 N–H and O–H groups in total. The molecule has 0 unspecified atom stereocenters. The Morgan fingerprint density at radius 2 is 2.20 bits per heavy atom. The van der Waals surface area contributed by atoms with Gasteiger partial charge in [-0.25, -0.2) is 0 Å². The van der Waals surface area contributed by atoms with Gasteiger partial charge in [0.1, 0.15) is 0 Å². The number of hydrogen-bond donors (Lipinski definition) is 1. The van der Waals surface area contributed by atoms with Crippen LogP contribution in [0, 0.1) is 42.9 Å². The topological polar surface area (TPSA) is 53.2 Å². The highest BCUT2D eigenvalue weighted by Crippen LogP contribution is 2.25. The van der Waals surface area contributed by atoms with Crippen LogP contribution in [0.1, 0.15) is 6.42 Å². The number of ether oxygens (including phenoxy) is 1. The van der Waals surface area contributed by atoms with Crippen molar-refractivity contribution >= 4 is 0 Å². The summed E-state index contributed by atoms with van der Waals surface area (Å²) in [6.07, 6.45) is 10.1. The third-order valence-corrected chi connectivity index (χ3v) is 1.88. The number of rotatable bonds is 6. The maximum absolute atomic E-state index is 8.83. The Morgan fingerprint density at radius 1 is 1.47 bits per heavy atom. The van der Waals surface area contributed by atoms with Gasteiger partial charge in [-0.1, -0.05) is 6.08 Å². The summed E-state index contributed by atoms with van der Waals surface area (Å²) >= 11 is 0. The Morgan fingerprint density at radius 3 is 2.80 bits per heavy atom. The van der Waals surface area contributed by atoms with E-state index < -0.39 is 0 Å². The second-order valence-corrected chi connectivity index (χ2v) is 3.13. The summed E-state index contributed by atoms with van der Waals surface area (Å²) in [6.45, 7) is 0.909. The van der Waals surface area contributed by atoms with E-state index in [0.717, 1.165) is 5.92 Å². The van der Waals surface area contributed by atoms with E-state index in [1.54, 1.807) is 6.08 Å². The summed E-state index contributed by atoms with van der Waals surface area (Å²) in [5.74, 6) is 1.01. The molecule has 3 heteroatoms. The number of aliphatic hydroxyl groups excluding tert-OH is 1. The lowest BCUT2D eigenvalue weighted by Crippen LogP contribution is -2.02. The molecule has 0 aromatic carbocycles. The second kappa shape index (κ2) is 7.44. The van der Waals surface area contributed by atoms with Crippen LogP contribution in [0.15, 0.2) is 11.6 Å². The molecular formula is C12H14NO2. The van der Waals surface area contributed by atoms with Crippen molar-refractivity contribution in [2.75, 3.05) is 19.8 Å². The smallest absolute Gasteiger partial charge is 0.0968 e. The second-order valence-electron chi connectivity index (χ2n) is 3.13. The summed E-state index contributed by atoms with van der Waals surface area (Å²) in [4.78, 5) is 0. The number of nitriles is 1. The lowest BCUT2D eigenvalue weighted by molar-refractivity contribution is 0.135. The van der Waals surface area contributed by atoms with Gasteiger partial charge in [-0.3, -0.25) is 0 Å². The molecule has 79 valence electrons. The molecule has 0 amide bonds. The van der Waals surface area contributed by atoms with E-state index in [9.17, 15) is 0 Å². The van der Waals surface area contributed by atoms with E-state index in [0.29, 0.717) is 25.2 Å². The molecule has 0 atom stereocenters. The van der Waals surface area contributed by atoms with E-state index in [4.69, 9.17) is 15.1 Å². The summed E-state index contributed by atoms with van der Waals surface area (Å²) < 4.78 is 5.23. The fourth-order valence-electron chi connectivity index (χ4n) is 1.14. The Kier molecular flexibility index (Phi) is 6.06. The van der Waals surface area contributed by atoms with Crippen molar-refractivity contribution in [2.24, 2.45) is 0 Å². The average molecular weight is 204 g/mol. The monoisotopic (exact) mass is 204 g/mol. The van der Waals surface area contributed by atoms with Crippen molar-refractivity contribution in [2.45, 2.75) is 6.42 Å². The van der Waals surface area contributed by atoms with Gasteiger partial charge in [-0.05, 0) is 32.1 Å². The lowest BCUT2D eigenvalue weighted by atomic mass is 10.1. The number of nitrogens with zero attached hydrogens (tertiary/aromatic N) is 1. The van der Waals surface area contributed by atoms with E-state index >= 15 is 0 Å². The van der Waals surface area contributed by atoms with Crippen LogP contribution in [-0.2, 0) is 4.74 Å². The standard InChI is InChI=1S/C12H14NO2/c13-9-12(10-15-7-3-6-14)8-11-4-1-2-5-11/h1-2,4-5,8,14H,3,6-7,10H2/b12-8+. The van der Waals surface area contributed by atoms with E-state index in [2.05, 4.69) is 6.07 Å². The number of hydrogen-bond acceptors (Lipinski definition) is 3. The fourth-order valence-corrected chi connectivity index (χ4v) is 1.14. The molecule has 1 fully saturated rings. The minimum atomic E-state index is 0.119. The molecule has 1 saturated carbocycles. The van der Waals surface area contributed by atoms with Crippen LogP contribution in [0.4, 0.5) is 0 Å². The predicted molar refractivity (Wildman–Crippen MR) is 56.7 cm³/mol. The molecule has 0 heterocycles. The van der Waals surface area contributed by atoms with E-state index in [-0.39, 0.29) is 6.61 Å². The highest BCUT2D eigenvalue weighted by atomic mass is 16.5. The molecule has 15 heavy (non-hydrogen) atoms. The Labute approximate surface area is 91.4 Å². The van der Waals surface area contributed by atoms with Crippen molar-refractivity contribution in [3.05, 3.63) is 43.3 Å². The molecule has 3 nitrogen and oxygen atoms in total. The van der Waals surface area contributed by atoms with Crippen molar-refractivity contribution < 1.29 is 9.84 Å². The summed E-state index contributed by atoms with van der Waals surface area (Å²) in [5, 5.41) is 17.4. The van der Waals surface area contributed by atoms with Gasteiger partial charge in [0.15, 0.2) is 0 Å². The molecule has 0 bridgehead atoms. The zero-order chi connectivity index (χ0) is 10.9. The first-order valence-corrected chi connectivity index (χ1v) is 4.88. The number of allylic oxidation sites excluding steroid dienone is 1. The van der Waals surface area contributed by atoms with Gasteiger partial charge in [0.25, 0.3) is 0 Å². The van der Waals surface area contributed by atoms with Crippen molar-refractivity contribution in [1.29, 1.82) is 5.26 Å². The minimum absolute atomic E-state index is 0.119. The summed E-state index contributed by atoms with van der Waals surface area (Å²) in [7, 11) is 0. The van der Waals surface area contributed by atoms with Gasteiger partial charge in [0.05, 0.1) is 18.2 Å². The molecule has 1 rings (SSSR count). The van der Waals surface area contributed by atoms with Crippen LogP contribution in [0.25, 0.3) is 0 Å². The molecule has 0 aromatic rings. The van der Waals surface area contributed by atoms with Gasteiger partial charge >= 0.3 is 0 Å². The maximum Gasteiger partial charge on any atom is 0.0968 e. The molecule has 5 radical (unpaired) electrons. The highest BCUT2D eigenvalue weighted by molar-refractivity contribution is 5.45. The third-order valence-electron chi connectivity index (χ3n) is 1.88. The molecule has 1 aliphatic carbocycles. The van der Waals surface area contributed by atoms with E-state index in [1.165, 1.54) is 0 Å². The first-order valence-electron chi connectivity index (χ1n) is 4.88. The fraction of sp³-hybridized carbons (Fsp3) is 0.333. The largest absolute Gasteiger partial charge is 0.396 e. The van der Waals surface area contributed by atoms with Crippen LogP contribution in [-0.4, -0.2) is 24.9 Å². The Hall–Kier alpha value is -0.850. The van der Waals surface area contributed by atoms with Crippen molar-refractivity contribution in [1.82, 2.24) is 0 Å². The summed E-state index contributed by atoms with van der Waals surface area (Å²) in [5.41, 5.74) is 0.596. The first kappa shape index (κ1) is 12.2. The van der Waals surface area contributed by atoms with E-state index in [1.807, 2.05) is 25.7 Å². The van der Waals surface area contributed by atoms with Crippen molar-refractivity contribution in [3.8, 4) is 6.07 Å². The molecule has 0 aliphatic heterocycles. The lowest BCUT2D eigenvalue weighted by Gasteiger charge is -2.04. The molecule has 0 saturated heterocycles. The minimum Gasteiger partial charge on any atom is -0.396 e. The van der Waals surface area contributed by atoms with Crippen LogP contribution < -0.4 is 0 Å². The highest BCUT2D eigenvalue weighted by Gasteiger charge is 2.15. The Balaban J connectivity index is 2.25. The quantitative estimate of drug-likeness (QED) is 0.523.